The highest BCUT2D eigenvalue weighted by Gasteiger charge is 2.15. The first-order valence-electron chi connectivity index (χ1n) is 6.33. The lowest BCUT2D eigenvalue weighted by Crippen LogP contribution is -2.29. The number of hydrogen-bond donors (Lipinski definition) is 1. The Morgan fingerprint density at radius 3 is 2.62 bits per heavy atom. The van der Waals surface area contributed by atoms with Crippen molar-refractivity contribution >= 4 is 17.2 Å². The fraction of sp³-hybridized carbons (Fsp3) is 0.267. The van der Waals surface area contributed by atoms with Crippen LogP contribution in [0.5, 0.6) is 0 Å². The first kappa shape index (κ1) is 15.6. The zero-order chi connectivity index (χ0) is 15.4. The SMILES string of the molecule is COC(CNC(=O)c1ccc(F)c(F)c1)c1ccc(C)s1. The van der Waals surface area contributed by atoms with Crippen molar-refractivity contribution in [2.45, 2.75) is 13.0 Å². The summed E-state index contributed by atoms with van der Waals surface area (Å²) in [6, 6.07) is 6.97. The number of benzene rings is 1. The molecule has 3 nitrogen and oxygen atoms in total. The maximum absolute atomic E-state index is 13.1. The lowest BCUT2D eigenvalue weighted by Gasteiger charge is -2.14. The minimum absolute atomic E-state index is 0.0751. The van der Waals surface area contributed by atoms with Crippen molar-refractivity contribution in [1.29, 1.82) is 0 Å². The molecule has 0 bridgehead atoms. The quantitative estimate of drug-likeness (QED) is 0.918. The lowest BCUT2D eigenvalue weighted by molar-refractivity contribution is 0.0837. The molecule has 1 amide bonds. The number of halogens is 2. The number of ether oxygens (including phenoxy) is 1. The highest BCUT2D eigenvalue weighted by atomic mass is 32.1. The summed E-state index contributed by atoms with van der Waals surface area (Å²) >= 11 is 1.59. The molecule has 2 aromatic rings. The maximum Gasteiger partial charge on any atom is 0.251 e. The van der Waals surface area contributed by atoms with Gasteiger partial charge in [0.15, 0.2) is 11.6 Å². The molecule has 1 heterocycles. The van der Waals surface area contributed by atoms with Crippen molar-refractivity contribution in [3.8, 4) is 0 Å². The van der Waals surface area contributed by atoms with E-state index in [-0.39, 0.29) is 18.2 Å². The van der Waals surface area contributed by atoms with Crippen molar-refractivity contribution < 1.29 is 18.3 Å². The Morgan fingerprint density at radius 1 is 1.29 bits per heavy atom. The molecule has 1 atom stereocenters. The topological polar surface area (TPSA) is 38.3 Å². The van der Waals surface area contributed by atoms with E-state index in [9.17, 15) is 13.6 Å². The van der Waals surface area contributed by atoms with Crippen LogP contribution in [-0.4, -0.2) is 19.6 Å². The van der Waals surface area contributed by atoms with Crippen LogP contribution in [0, 0.1) is 18.6 Å². The number of carbonyl (C=O) groups excluding carboxylic acids is 1. The molecule has 1 N–H and O–H groups in total. The number of rotatable bonds is 5. The van der Waals surface area contributed by atoms with Gasteiger partial charge in [0.2, 0.25) is 0 Å². The predicted molar refractivity (Wildman–Crippen MR) is 77.5 cm³/mol. The predicted octanol–water partition coefficient (Wildman–Crippen LogP) is 3.45. The van der Waals surface area contributed by atoms with Gasteiger partial charge in [-0.2, -0.15) is 0 Å². The zero-order valence-corrected chi connectivity index (χ0v) is 12.5. The third-order valence-corrected chi connectivity index (χ3v) is 4.09. The highest BCUT2D eigenvalue weighted by molar-refractivity contribution is 7.12. The summed E-state index contributed by atoms with van der Waals surface area (Å²) < 4.78 is 31.3. The Balaban J connectivity index is 2.00. The van der Waals surface area contributed by atoms with Crippen LogP contribution in [0.4, 0.5) is 8.78 Å². The normalized spacial score (nSPS) is 12.2. The Morgan fingerprint density at radius 2 is 2.05 bits per heavy atom. The third-order valence-electron chi connectivity index (χ3n) is 2.99. The number of amides is 1. The number of thiophene rings is 1. The monoisotopic (exact) mass is 311 g/mol. The summed E-state index contributed by atoms with van der Waals surface area (Å²) in [5, 5.41) is 2.66. The van der Waals surface area contributed by atoms with Crippen molar-refractivity contribution in [3.63, 3.8) is 0 Å². The average Bonchev–Trinajstić information content (AvgIpc) is 2.89. The van der Waals surface area contributed by atoms with E-state index < -0.39 is 17.5 Å². The molecular weight excluding hydrogens is 296 g/mol. The molecule has 0 aliphatic carbocycles. The first-order chi connectivity index (χ1) is 10.0. The second kappa shape index (κ2) is 6.78. The highest BCUT2D eigenvalue weighted by Crippen LogP contribution is 2.24. The number of hydrogen-bond acceptors (Lipinski definition) is 3. The van der Waals surface area contributed by atoms with E-state index in [1.807, 2.05) is 19.1 Å². The Bertz CT molecular complexity index is 642. The summed E-state index contributed by atoms with van der Waals surface area (Å²) in [7, 11) is 1.56. The average molecular weight is 311 g/mol. The molecule has 6 heteroatoms. The van der Waals surface area contributed by atoms with Crippen LogP contribution in [0.25, 0.3) is 0 Å². The van der Waals surface area contributed by atoms with Gasteiger partial charge in [-0.1, -0.05) is 0 Å². The van der Waals surface area contributed by atoms with Crippen molar-refractivity contribution in [3.05, 3.63) is 57.3 Å². The minimum Gasteiger partial charge on any atom is -0.374 e. The molecule has 1 unspecified atom stereocenters. The molecule has 0 fully saturated rings. The van der Waals surface area contributed by atoms with Gasteiger partial charge in [-0.05, 0) is 37.3 Å². The fourth-order valence-corrected chi connectivity index (χ4v) is 2.81. The second-order valence-electron chi connectivity index (χ2n) is 4.51. The molecule has 1 aromatic heterocycles. The van der Waals surface area contributed by atoms with Crippen LogP contribution in [0.1, 0.15) is 26.2 Å². The van der Waals surface area contributed by atoms with Gasteiger partial charge in [-0.25, -0.2) is 8.78 Å². The van der Waals surface area contributed by atoms with Crippen LogP contribution in [0.15, 0.2) is 30.3 Å². The van der Waals surface area contributed by atoms with Crippen LogP contribution < -0.4 is 5.32 Å². The minimum atomic E-state index is -1.04. The molecule has 1 aromatic carbocycles. The fourth-order valence-electron chi connectivity index (χ4n) is 1.85. The van der Waals surface area contributed by atoms with Crippen LogP contribution in [0.3, 0.4) is 0 Å². The van der Waals surface area contributed by atoms with Gasteiger partial charge < -0.3 is 10.1 Å². The van der Waals surface area contributed by atoms with E-state index >= 15 is 0 Å². The van der Waals surface area contributed by atoms with Crippen LogP contribution in [-0.2, 0) is 4.74 Å². The molecule has 0 radical (unpaired) electrons. The number of methoxy groups -OCH3 is 1. The van der Waals surface area contributed by atoms with Gasteiger partial charge in [0.25, 0.3) is 5.91 Å². The number of carbonyl (C=O) groups is 1. The molecule has 21 heavy (non-hydrogen) atoms. The molecule has 2 rings (SSSR count). The van der Waals surface area contributed by atoms with Gasteiger partial charge in [0, 0.05) is 29.0 Å². The molecule has 0 saturated carbocycles. The number of aryl methyl sites for hydroxylation is 1. The summed E-state index contributed by atoms with van der Waals surface area (Å²) in [5.41, 5.74) is 0.0751. The Hall–Kier alpha value is -1.79. The largest absolute Gasteiger partial charge is 0.374 e. The maximum atomic E-state index is 13.1. The van der Waals surface area contributed by atoms with Gasteiger partial charge in [0.05, 0.1) is 0 Å². The van der Waals surface area contributed by atoms with Gasteiger partial charge in [-0.3, -0.25) is 4.79 Å². The lowest BCUT2D eigenvalue weighted by atomic mass is 10.2. The van der Waals surface area contributed by atoms with Crippen molar-refractivity contribution in [2.24, 2.45) is 0 Å². The summed E-state index contributed by atoms with van der Waals surface area (Å²) in [4.78, 5) is 14.1. The molecule has 0 spiro atoms. The summed E-state index contributed by atoms with van der Waals surface area (Å²) in [6.07, 6.45) is -0.266. The standard InChI is InChI=1S/C15H15F2NO2S/c1-9-3-6-14(21-9)13(20-2)8-18-15(19)10-4-5-11(16)12(17)7-10/h3-7,13H,8H2,1-2H3,(H,18,19). The van der Waals surface area contributed by atoms with Crippen LogP contribution >= 0.6 is 11.3 Å². The van der Waals surface area contributed by atoms with Crippen molar-refractivity contribution in [2.75, 3.05) is 13.7 Å². The van der Waals surface area contributed by atoms with Crippen molar-refractivity contribution in [1.82, 2.24) is 5.32 Å². The summed E-state index contributed by atoms with van der Waals surface area (Å²) in [6.45, 7) is 2.25. The molecular formula is C15H15F2NO2S. The van der Waals surface area contributed by atoms with E-state index in [2.05, 4.69) is 5.32 Å². The van der Waals surface area contributed by atoms with E-state index in [1.54, 1.807) is 18.4 Å². The Kier molecular flexibility index (Phi) is 5.03. The zero-order valence-electron chi connectivity index (χ0n) is 11.7. The molecule has 112 valence electrons. The Labute approximate surface area is 125 Å². The molecule has 0 aliphatic rings. The third kappa shape index (κ3) is 3.86. The van der Waals surface area contributed by atoms with Gasteiger partial charge in [-0.15, -0.1) is 11.3 Å². The van der Waals surface area contributed by atoms with Crippen LogP contribution in [0.2, 0.25) is 0 Å². The van der Waals surface area contributed by atoms with Gasteiger partial charge >= 0.3 is 0 Å². The number of nitrogens with one attached hydrogen (secondary N) is 1. The first-order valence-corrected chi connectivity index (χ1v) is 7.15. The summed E-state index contributed by atoms with van der Waals surface area (Å²) in [5.74, 6) is -2.49. The van der Waals surface area contributed by atoms with Gasteiger partial charge in [0.1, 0.15) is 6.10 Å². The second-order valence-corrected chi connectivity index (χ2v) is 5.83. The van der Waals surface area contributed by atoms with E-state index in [1.165, 1.54) is 6.07 Å². The van der Waals surface area contributed by atoms with E-state index in [0.717, 1.165) is 21.9 Å². The molecule has 0 aliphatic heterocycles. The van der Waals surface area contributed by atoms with E-state index in [0.29, 0.717) is 0 Å². The molecule has 0 saturated heterocycles. The van der Waals surface area contributed by atoms with E-state index in [4.69, 9.17) is 4.74 Å². The smallest absolute Gasteiger partial charge is 0.251 e.